The van der Waals surface area contributed by atoms with Gasteiger partial charge in [-0.3, -0.25) is 28.8 Å². The summed E-state index contributed by atoms with van der Waals surface area (Å²) in [5.74, 6) is -9.55. The number of fused-ring (bicyclic) bond motifs is 3. The molecule has 1 aromatic carbocycles. The first-order valence-electron chi connectivity index (χ1n) is 13.9. The highest BCUT2D eigenvalue weighted by molar-refractivity contribution is 6.32. The first-order valence-corrected chi connectivity index (χ1v) is 13.9. The summed E-state index contributed by atoms with van der Waals surface area (Å²) in [5, 5.41) is 22.7. The van der Waals surface area contributed by atoms with Gasteiger partial charge in [-0.25, -0.2) is 0 Å². The summed E-state index contributed by atoms with van der Waals surface area (Å²) in [6, 6.07) is 2.77. The summed E-state index contributed by atoms with van der Waals surface area (Å²) >= 11 is 0. The molecule has 3 aliphatic carbocycles. The van der Waals surface area contributed by atoms with E-state index < -0.39 is 69.0 Å². The van der Waals surface area contributed by atoms with E-state index in [1.54, 1.807) is 20.8 Å². The van der Waals surface area contributed by atoms with E-state index in [1.807, 2.05) is 6.92 Å². The van der Waals surface area contributed by atoms with Crippen LogP contribution in [0.5, 0.6) is 5.75 Å². The van der Waals surface area contributed by atoms with Crippen LogP contribution in [0.25, 0.3) is 0 Å². The van der Waals surface area contributed by atoms with Gasteiger partial charge in [-0.2, -0.15) is 0 Å². The quantitative estimate of drug-likeness (QED) is 0.303. The van der Waals surface area contributed by atoms with Crippen molar-refractivity contribution in [3.05, 3.63) is 28.8 Å². The van der Waals surface area contributed by atoms with Gasteiger partial charge in [0.1, 0.15) is 17.5 Å². The summed E-state index contributed by atoms with van der Waals surface area (Å²) in [6.07, 6.45) is 2.80. The summed E-state index contributed by atoms with van der Waals surface area (Å²) in [6.45, 7) is 9.83. The highest BCUT2D eigenvalue weighted by atomic mass is 16.3. The molecule has 0 spiro atoms. The van der Waals surface area contributed by atoms with Crippen molar-refractivity contribution in [1.29, 1.82) is 0 Å². The number of benzene rings is 1. The Morgan fingerprint density at radius 2 is 1.69 bits per heavy atom. The Balaban J connectivity index is 1.91. The summed E-state index contributed by atoms with van der Waals surface area (Å²) in [4.78, 5) is 81.1. The van der Waals surface area contributed by atoms with Crippen molar-refractivity contribution in [3.63, 3.8) is 0 Å². The van der Waals surface area contributed by atoms with Gasteiger partial charge in [0.25, 0.3) is 0 Å². The predicted molar refractivity (Wildman–Crippen MR) is 141 cm³/mol. The average Bonchev–Trinajstić information content (AvgIpc) is 2.81. The fraction of sp³-hybridized carbons (Fsp3) is 0.613. The number of carbonyl (C=O) groups excluding carboxylic acids is 6. The Morgan fingerprint density at radius 1 is 1.05 bits per heavy atom. The lowest BCUT2D eigenvalue weighted by atomic mass is 9.40. The molecule has 6 atom stereocenters. The highest BCUT2D eigenvalue weighted by Crippen LogP contribution is 2.63. The predicted octanol–water partition coefficient (Wildman–Crippen LogP) is 3.86. The Labute approximate surface area is 228 Å². The molecule has 0 aliphatic heterocycles. The molecule has 0 radical (unpaired) electrons. The van der Waals surface area contributed by atoms with Crippen molar-refractivity contribution < 1.29 is 39.0 Å². The minimum absolute atomic E-state index is 0.0395. The van der Waals surface area contributed by atoms with Gasteiger partial charge in [-0.05, 0) is 55.2 Å². The van der Waals surface area contributed by atoms with E-state index in [2.05, 4.69) is 0 Å². The zero-order valence-electron chi connectivity index (χ0n) is 23.6. The van der Waals surface area contributed by atoms with Crippen molar-refractivity contribution in [1.82, 2.24) is 0 Å². The van der Waals surface area contributed by atoms with Crippen LogP contribution < -0.4 is 0 Å². The van der Waals surface area contributed by atoms with E-state index in [0.29, 0.717) is 17.5 Å². The fourth-order valence-electron chi connectivity index (χ4n) is 8.07. The number of phenolic OH excluding ortho intramolecular Hbond substituents is 1. The number of hydrogen-bond acceptors (Lipinski definition) is 8. The number of carbonyl (C=O) groups is 6. The fourth-order valence-corrected chi connectivity index (χ4v) is 8.07. The Kier molecular flexibility index (Phi) is 7.12. The molecular weight excluding hydrogens is 500 g/mol. The standard InChI is InChI=1S/C31H38O8/c1-7-8-9-10-19(33)17-11-12-20(34)22-18(17)13-29(5)14-30(6)23(15(2)3)25(35)21(16(4)32)27(37)31(30,39)28(38)24(29)26(22)36/h11-12,15,21,23-24,34,39H,7-10,13-14H2,1-6H3/t21?,23?,24?,29-,30-,31+/m1/s1. The molecule has 0 saturated heterocycles. The minimum atomic E-state index is -2.73. The number of phenols is 1. The monoisotopic (exact) mass is 538 g/mol. The second-order valence-electron chi connectivity index (χ2n) is 12.7. The SMILES string of the molecule is CCCCCC(=O)c1ccc(O)c2c1C[C@]1(C)C[C@]3(C)C(C(C)C)C(=O)C(C(C)=O)C(=O)[C@]3(O)C(=O)C1C2=O. The molecule has 0 aromatic heterocycles. The zero-order chi connectivity index (χ0) is 29.2. The number of rotatable bonds is 7. The van der Waals surface area contributed by atoms with Gasteiger partial charge in [-0.15, -0.1) is 0 Å². The maximum absolute atomic E-state index is 14.2. The molecule has 39 heavy (non-hydrogen) atoms. The third-order valence-corrected chi connectivity index (χ3v) is 9.57. The van der Waals surface area contributed by atoms with Gasteiger partial charge in [0.05, 0.1) is 11.5 Å². The van der Waals surface area contributed by atoms with E-state index >= 15 is 0 Å². The number of aliphatic hydroxyl groups is 1. The molecule has 0 amide bonds. The minimum Gasteiger partial charge on any atom is -0.507 e. The molecule has 2 saturated carbocycles. The summed E-state index contributed by atoms with van der Waals surface area (Å²) in [5.41, 5.74) is -4.92. The van der Waals surface area contributed by atoms with Crippen LogP contribution in [0.3, 0.4) is 0 Å². The zero-order valence-corrected chi connectivity index (χ0v) is 23.6. The number of Topliss-reactive ketones (excluding diaryl/α,β-unsaturated/α-hetero) is 6. The molecule has 8 heteroatoms. The van der Waals surface area contributed by atoms with Gasteiger partial charge >= 0.3 is 0 Å². The Morgan fingerprint density at radius 3 is 2.26 bits per heavy atom. The largest absolute Gasteiger partial charge is 0.507 e. The normalized spacial score (nSPS) is 34.0. The Hall–Kier alpha value is -3.00. The van der Waals surface area contributed by atoms with Gasteiger partial charge in [-0.1, -0.05) is 47.5 Å². The van der Waals surface area contributed by atoms with Gasteiger partial charge < -0.3 is 10.2 Å². The number of aromatic hydroxyl groups is 1. The van der Waals surface area contributed by atoms with Gasteiger partial charge in [0.2, 0.25) is 0 Å². The lowest BCUT2D eigenvalue weighted by Crippen LogP contribution is -2.76. The van der Waals surface area contributed by atoms with Crippen molar-refractivity contribution in [2.24, 2.45) is 34.5 Å². The molecule has 3 unspecified atom stereocenters. The van der Waals surface area contributed by atoms with Crippen LogP contribution in [0.2, 0.25) is 0 Å². The van der Waals surface area contributed by atoms with Crippen molar-refractivity contribution in [3.8, 4) is 5.75 Å². The third-order valence-electron chi connectivity index (χ3n) is 9.57. The molecule has 2 fully saturated rings. The van der Waals surface area contributed by atoms with E-state index in [9.17, 15) is 39.0 Å². The summed E-state index contributed by atoms with van der Waals surface area (Å²) < 4.78 is 0. The molecule has 0 heterocycles. The molecular formula is C31H38O8. The number of ketones is 6. The van der Waals surface area contributed by atoms with Crippen molar-refractivity contribution >= 4 is 34.7 Å². The van der Waals surface area contributed by atoms with Crippen LogP contribution in [0.4, 0.5) is 0 Å². The molecule has 1 aromatic rings. The van der Waals surface area contributed by atoms with Crippen LogP contribution >= 0.6 is 0 Å². The van der Waals surface area contributed by atoms with E-state index in [0.717, 1.165) is 19.8 Å². The van der Waals surface area contributed by atoms with Crippen LogP contribution in [0, 0.1) is 34.5 Å². The molecule has 210 valence electrons. The number of hydrogen-bond donors (Lipinski definition) is 2. The Bertz CT molecular complexity index is 1310. The second kappa shape index (κ2) is 9.58. The molecule has 8 nitrogen and oxygen atoms in total. The molecule has 4 rings (SSSR count). The van der Waals surface area contributed by atoms with Crippen LogP contribution in [0.15, 0.2) is 12.1 Å². The molecule has 3 aliphatic rings. The number of unbranched alkanes of at least 4 members (excludes halogenated alkanes) is 2. The lowest BCUT2D eigenvalue weighted by Gasteiger charge is -2.61. The van der Waals surface area contributed by atoms with Gasteiger partial charge in [0.15, 0.2) is 34.5 Å². The van der Waals surface area contributed by atoms with Gasteiger partial charge in [0, 0.05) is 23.3 Å². The smallest absolute Gasteiger partial charge is 0.190 e. The van der Waals surface area contributed by atoms with Crippen LogP contribution in [-0.4, -0.2) is 50.5 Å². The second-order valence-corrected chi connectivity index (χ2v) is 12.7. The third kappa shape index (κ3) is 3.89. The maximum atomic E-state index is 14.2. The van der Waals surface area contributed by atoms with Crippen molar-refractivity contribution in [2.45, 2.75) is 85.7 Å². The molecule has 2 N–H and O–H groups in total. The lowest BCUT2D eigenvalue weighted by molar-refractivity contribution is -0.205. The van der Waals surface area contributed by atoms with Crippen molar-refractivity contribution in [2.75, 3.05) is 0 Å². The highest BCUT2D eigenvalue weighted by Gasteiger charge is 2.76. The van der Waals surface area contributed by atoms with E-state index in [4.69, 9.17) is 0 Å². The average molecular weight is 539 g/mol. The van der Waals surface area contributed by atoms with E-state index in [-0.39, 0.29) is 36.4 Å². The van der Waals surface area contributed by atoms with Crippen LogP contribution in [-0.2, 0) is 25.6 Å². The van der Waals surface area contributed by atoms with E-state index in [1.165, 1.54) is 19.1 Å². The summed E-state index contributed by atoms with van der Waals surface area (Å²) in [7, 11) is 0. The maximum Gasteiger partial charge on any atom is 0.190 e. The first-order chi connectivity index (χ1) is 18.1. The van der Waals surface area contributed by atoms with Crippen LogP contribution in [0.1, 0.15) is 99.9 Å². The topological polar surface area (TPSA) is 143 Å². The first kappa shape index (κ1) is 29.0. The molecule has 0 bridgehead atoms.